The molecule has 0 unspecified atom stereocenters. The Hall–Kier alpha value is -2.11. The van der Waals surface area contributed by atoms with E-state index in [-0.39, 0.29) is 24.1 Å². The number of carboxylic acids is 1. The van der Waals surface area contributed by atoms with Crippen LogP contribution in [0.3, 0.4) is 0 Å². The van der Waals surface area contributed by atoms with Gasteiger partial charge >= 0.3 is 5.97 Å². The van der Waals surface area contributed by atoms with Crippen molar-refractivity contribution in [2.45, 2.75) is 12.8 Å². The van der Waals surface area contributed by atoms with Crippen LogP contribution in [0.5, 0.6) is 5.75 Å². The molecule has 1 aromatic carbocycles. The number of methoxy groups -OCH3 is 1. The number of hydrogen-bond donors (Lipinski definition) is 1. The van der Waals surface area contributed by atoms with Crippen LogP contribution in [-0.4, -0.2) is 42.1 Å². The highest BCUT2D eigenvalue weighted by atomic mass is 19.1. The molecule has 1 saturated heterocycles. The second kappa shape index (κ2) is 5.59. The SMILES string of the molecule is COc1cc(C(=O)N2C[C@H](C(=O)O)[C@@H](C3CC3)C2)ccc1F. The number of benzene rings is 1. The zero-order valence-electron chi connectivity index (χ0n) is 12.3. The zero-order chi connectivity index (χ0) is 15.9. The van der Waals surface area contributed by atoms with Crippen LogP contribution in [0.25, 0.3) is 0 Å². The topological polar surface area (TPSA) is 66.8 Å². The molecule has 1 amide bonds. The second-order valence-corrected chi connectivity index (χ2v) is 6.01. The number of carboxylic acid groups (broad SMARTS) is 1. The van der Waals surface area contributed by atoms with Crippen LogP contribution in [0, 0.1) is 23.6 Å². The van der Waals surface area contributed by atoms with Crippen molar-refractivity contribution in [3.63, 3.8) is 0 Å². The lowest BCUT2D eigenvalue weighted by Gasteiger charge is -2.17. The Bertz CT molecular complexity index is 614. The number of rotatable bonds is 4. The summed E-state index contributed by atoms with van der Waals surface area (Å²) in [7, 11) is 1.34. The number of nitrogens with zero attached hydrogens (tertiary/aromatic N) is 1. The van der Waals surface area contributed by atoms with Gasteiger partial charge in [-0.05, 0) is 42.9 Å². The molecule has 1 aromatic rings. The molecular weight excluding hydrogens is 289 g/mol. The summed E-state index contributed by atoms with van der Waals surface area (Å²) in [5.74, 6) is -1.68. The number of hydrogen-bond acceptors (Lipinski definition) is 3. The Morgan fingerprint density at radius 1 is 1.32 bits per heavy atom. The van der Waals surface area contributed by atoms with Gasteiger partial charge in [0, 0.05) is 18.7 Å². The molecule has 1 heterocycles. The van der Waals surface area contributed by atoms with Crippen LogP contribution < -0.4 is 4.74 Å². The molecule has 22 heavy (non-hydrogen) atoms. The van der Waals surface area contributed by atoms with Crippen molar-refractivity contribution in [2.75, 3.05) is 20.2 Å². The van der Waals surface area contributed by atoms with Crippen molar-refractivity contribution in [3.05, 3.63) is 29.6 Å². The fourth-order valence-electron chi connectivity index (χ4n) is 3.23. The first kappa shape index (κ1) is 14.8. The maximum absolute atomic E-state index is 13.4. The van der Waals surface area contributed by atoms with E-state index in [1.165, 1.54) is 25.3 Å². The third kappa shape index (κ3) is 2.65. The third-order valence-electron chi connectivity index (χ3n) is 4.60. The molecular formula is C16H18FNO4. The summed E-state index contributed by atoms with van der Waals surface area (Å²) in [6, 6.07) is 3.95. The van der Waals surface area contributed by atoms with Gasteiger partial charge in [0.25, 0.3) is 5.91 Å². The highest BCUT2D eigenvalue weighted by molar-refractivity contribution is 5.95. The molecule has 0 aromatic heterocycles. The lowest BCUT2D eigenvalue weighted by Crippen LogP contribution is -2.30. The average molecular weight is 307 g/mol. The van der Waals surface area contributed by atoms with E-state index in [1.807, 2.05) is 0 Å². The minimum atomic E-state index is -0.844. The molecule has 3 rings (SSSR count). The summed E-state index contributed by atoms with van der Waals surface area (Å²) in [4.78, 5) is 25.5. The van der Waals surface area contributed by atoms with Gasteiger partial charge in [0.1, 0.15) is 0 Å². The Kier molecular flexibility index (Phi) is 3.76. The van der Waals surface area contributed by atoms with Gasteiger partial charge in [-0.2, -0.15) is 0 Å². The van der Waals surface area contributed by atoms with Crippen molar-refractivity contribution in [2.24, 2.45) is 17.8 Å². The molecule has 1 aliphatic carbocycles. The number of likely N-dealkylation sites (tertiary alicyclic amines) is 1. The van der Waals surface area contributed by atoms with E-state index in [1.54, 1.807) is 4.90 Å². The van der Waals surface area contributed by atoms with Crippen molar-refractivity contribution in [3.8, 4) is 5.75 Å². The minimum Gasteiger partial charge on any atom is -0.494 e. The standard InChI is InChI=1S/C16H18FNO4/c1-22-14-6-10(4-5-13(14)17)15(19)18-7-11(9-2-3-9)12(8-18)16(20)21/h4-6,9,11-12H,2-3,7-8H2,1H3,(H,20,21)/t11-,12+/m1/s1. The van der Waals surface area contributed by atoms with Gasteiger partial charge in [-0.15, -0.1) is 0 Å². The highest BCUT2D eigenvalue weighted by Crippen LogP contribution is 2.44. The first-order chi connectivity index (χ1) is 10.5. The predicted octanol–water partition coefficient (Wildman–Crippen LogP) is 2.02. The molecule has 6 heteroatoms. The van der Waals surface area contributed by atoms with E-state index in [2.05, 4.69) is 0 Å². The Balaban J connectivity index is 1.79. The predicted molar refractivity (Wildman–Crippen MR) is 76.2 cm³/mol. The largest absolute Gasteiger partial charge is 0.494 e. The van der Waals surface area contributed by atoms with E-state index in [0.717, 1.165) is 12.8 Å². The van der Waals surface area contributed by atoms with Crippen molar-refractivity contribution >= 4 is 11.9 Å². The van der Waals surface area contributed by atoms with Gasteiger partial charge in [-0.25, -0.2) is 4.39 Å². The minimum absolute atomic E-state index is 0.0126. The molecule has 0 bridgehead atoms. The molecule has 0 spiro atoms. The fourth-order valence-corrected chi connectivity index (χ4v) is 3.23. The van der Waals surface area contributed by atoms with Gasteiger partial charge in [0.15, 0.2) is 11.6 Å². The quantitative estimate of drug-likeness (QED) is 0.924. The summed E-state index contributed by atoms with van der Waals surface area (Å²) >= 11 is 0. The summed E-state index contributed by atoms with van der Waals surface area (Å²) < 4.78 is 18.3. The summed E-state index contributed by atoms with van der Waals surface area (Å²) in [6.45, 7) is 0.676. The zero-order valence-corrected chi connectivity index (χ0v) is 12.3. The Morgan fingerprint density at radius 3 is 2.64 bits per heavy atom. The Labute approximate surface area is 127 Å². The molecule has 2 fully saturated rings. The van der Waals surface area contributed by atoms with Gasteiger partial charge in [-0.3, -0.25) is 9.59 Å². The number of halogens is 1. The summed E-state index contributed by atoms with van der Waals surface area (Å²) in [5, 5.41) is 9.34. The molecule has 2 aliphatic rings. The lowest BCUT2D eigenvalue weighted by molar-refractivity contribution is -0.142. The molecule has 118 valence electrons. The molecule has 1 saturated carbocycles. The summed E-state index contributed by atoms with van der Waals surface area (Å²) in [5.41, 5.74) is 0.318. The van der Waals surface area contributed by atoms with Crippen molar-refractivity contribution in [1.29, 1.82) is 0 Å². The second-order valence-electron chi connectivity index (χ2n) is 6.01. The van der Waals surface area contributed by atoms with E-state index >= 15 is 0 Å². The van der Waals surface area contributed by atoms with Gasteiger partial charge in [0.2, 0.25) is 0 Å². The first-order valence-corrected chi connectivity index (χ1v) is 7.37. The van der Waals surface area contributed by atoms with Gasteiger partial charge < -0.3 is 14.7 Å². The third-order valence-corrected chi connectivity index (χ3v) is 4.60. The van der Waals surface area contributed by atoms with Crippen LogP contribution in [0.15, 0.2) is 18.2 Å². The number of carbonyl (C=O) groups excluding carboxylic acids is 1. The Morgan fingerprint density at radius 2 is 2.05 bits per heavy atom. The van der Waals surface area contributed by atoms with Crippen LogP contribution in [-0.2, 0) is 4.79 Å². The van der Waals surface area contributed by atoms with E-state index in [0.29, 0.717) is 18.0 Å². The maximum Gasteiger partial charge on any atom is 0.308 e. The lowest BCUT2D eigenvalue weighted by atomic mass is 9.92. The maximum atomic E-state index is 13.4. The number of amides is 1. The average Bonchev–Trinajstić information content (AvgIpc) is 3.25. The van der Waals surface area contributed by atoms with E-state index in [9.17, 15) is 19.1 Å². The molecule has 2 atom stereocenters. The number of aliphatic carboxylic acids is 1. The van der Waals surface area contributed by atoms with E-state index in [4.69, 9.17) is 4.74 Å². The van der Waals surface area contributed by atoms with Crippen molar-refractivity contribution < 1.29 is 23.8 Å². The molecule has 1 N–H and O–H groups in total. The van der Waals surface area contributed by atoms with E-state index < -0.39 is 17.7 Å². The first-order valence-electron chi connectivity index (χ1n) is 7.37. The van der Waals surface area contributed by atoms with Crippen LogP contribution >= 0.6 is 0 Å². The molecule has 5 nitrogen and oxygen atoms in total. The van der Waals surface area contributed by atoms with Gasteiger partial charge in [-0.1, -0.05) is 0 Å². The number of carbonyl (C=O) groups is 2. The fraction of sp³-hybridized carbons (Fsp3) is 0.500. The monoisotopic (exact) mass is 307 g/mol. The smallest absolute Gasteiger partial charge is 0.308 e. The van der Waals surface area contributed by atoms with Crippen LogP contribution in [0.1, 0.15) is 23.2 Å². The molecule has 0 radical (unpaired) electrons. The molecule has 1 aliphatic heterocycles. The summed E-state index contributed by atoms with van der Waals surface area (Å²) in [6.07, 6.45) is 2.09. The van der Waals surface area contributed by atoms with Crippen LogP contribution in [0.4, 0.5) is 4.39 Å². The highest BCUT2D eigenvalue weighted by Gasteiger charge is 2.46. The number of ether oxygens (including phenoxy) is 1. The van der Waals surface area contributed by atoms with Crippen LogP contribution in [0.2, 0.25) is 0 Å². The normalized spacial score (nSPS) is 24.4. The van der Waals surface area contributed by atoms with Gasteiger partial charge in [0.05, 0.1) is 13.0 Å². The van der Waals surface area contributed by atoms with Crippen molar-refractivity contribution in [1.82, 2.24) is 4.90 Å².